The van der Waals surface area contributed by atoms with Gasteiger partial charge in [0.05, 0.1) is 19.4 Å². The molecule has 2 N–H and O–H groups in total. The van der Waals surface area contributed by atoms with E-state index in [9.17, 15) is 19.2 Å². The van der Waals surface area contributed by atoms with Gasteiger partial charge in [-0.25, -0.2) is 0 Å². The van der Waals surface area contributed by atoms with Crippen molar-refractivity contribution in [2.45, 2.75) is 58.0 Å². The molecular formula is C26H33N3O6. The highest BCUT2D eigenvalue weighted by Gasteiger charge is 2.34. The van der Waals surface area contributed by atoms with Crippen LogP contribution < -0.4 is 10.6 Å². The molecule has 9 nitrogen and oxygen atoms in total. The summed E-state index contributed by atoms with van der Waals surface area (Å²) in [7, 11) is 0. The molecule has 1 aromatic carbocycles. The molecule has 0 bridgehead atoms. The summed E-state index contributed by atoms with van der Waals surface area (Å²) in [6, 6.07) is 9.23. The molecule has 1 aliphatic carbocycles. The van der Waals surface area contributed by atoms with E-state index in [1.54, 1.807) is 25.1 Å². The molecule has 9 heteroatoms. The van der Waals surface area contributed by atoms with E-state index in [4.69, 9.17) is 9.15 Å². The number of hydrogen-bond donors (Lipinski definition) is 2. The van der Waals surface area contributed by atoms with Crippen LogP contribution >= 0.6 is 0 Å². The van der Waals surface area contributed by atoms with Crippen molar-refractivity contribution in [2.24, 2.45) is 0 Å². The third kappa shape index (κ3) is 7.43. The van der Waals surface area contributed by atoms with E-state index >= 15 is 0 Å². The second-order valence-electron chi connectivity index (χ2n) is 8.64. The maximum atomic E-state index is 13.5. The Morgan fingerprint density at radius 1 is 1.09 bits per heavy atom. The van der Waals surface area contributed by atoms with Crippen molar-refractivity contribution in [1.82, 2.24) is 15.5 Å². The van der Waals surface area contributed by atoms with Gasteiger partial charge in [-0.3, -0.25) is 19.2 Å². The molecule has 1 atom stereocenters. The highest BCUT2D eigenvalue weighted by Crippen LogP contribution is 2.24. The number of hydrogen-bond acceptors (Lipinski definition) is 6. The highest BCUT2D eigenvalue weighted by molar-refractivity contribution is 5.96. The Labute approximate surface area is 205 Å². The van der Waals surface area contributed by atoms with Gasteiger partial charge < -0.3 is 24.7 Å². The summed E-state index contributed by atoms with van der Waals surface area (Å²) in [4.78, 5) is 52.8. The van der Waals surface area contributed by atoms with Crippen molar-refractivity contribution in [3.05, 3.63) is 59.5 Å². The zero-order valence-electron chi connectivity index (χ0n) is 20.2. The van der Waals surface area contributed by atoms with Crippen LogP contribution in [0.15, 0.2) is 47.1 Å². The molecule has 1 aromatic heterocycles. The Balaban J connectivity index is 1.86. The maximum Gasteiger partial charge on any atom is 0.325 e. The van der Waals surface area contributed by atoms with Gasteiger partial charge in [0.1, 0.15) is 12.6 Å². The van der Waals surface area contributed by atoms with E-state index < -0.39 is 36.9 Å². The largest absolute Gasteiger partial charge is 0.465 e. The molecule has 1 fully saturated rings. The molecule has 2 aromatic rings. The molecule has 0 aliphatic heterocycles. The van der Waals surface area contributed by atoms with Crippen molar-refractivity contribution in [3.8, 4) is 0 Å². The quantitative estimate of drug-likeness (QED) is 0.502. The normalized spacial score (nSPS) is 14.6. The number of ether oxygens (including phenoxy) is 1. The molecular weight excluding hydrogens is 450 g/mol. The Morgan fingerprint density at radius 2 is 1.80 bits per heavy atom. The van der Waals surface area contributed by atoms with E-state index in [0.717, 1.165) is 37.7 Å². The van der Waals surface area contributed by atoms with Gasteiger partial charge in [0.25, 0.3) is 5.91 Å². The number of aryl methyl sites for hydroxylation is 1. The fourth-order valence-electron chi connectivity index (χ4n) is 4.17. The first-order valence-electron chi connectivity index (χ1n) is 12.0. The van der Waals surface area contributed by atoms with E-state index in [1.165, 1.54) is 17.2 Å². The molecule has 1 aliphatic rings. The number of furan rings is 1. The molecule has 188 valence electrons. The van der Waals surface area contributed by atoms with Crippen LogP contribution in [0.4, 0.5) is 0 Å². The van der Waals surface area contributed by atoms with Gasteiger partial charge in [0, 0.05) is 6.04 Å². The summed E-state index contributed by atoms with van der Waals surface area (Å²) in [5.74, 6) is -2.11. The average molecular weight is 484 g/mol. The zero-order valence-corrected chi connectivity index (χ0v) is 20.2. The van der Waals surface area contributed by atoms with Crippen molar-refractivity contribution < 1.29 is 28.3 Å². The summed E-state index contributed by atoms with van der Waals surface area (Å²) in [5.41, 5.74) is 1.56. The zero-order chi connectivity index (χ0) is 25.2. The minimum absolute atomic E-state index is 0.0161. The number of carbonyl (C=O) groups excluding carboxylic acids is 4. The first kappa shape index (κ1) is 26.0. The third-order valence-electron chi connectivity index (χ3n) is 5.97. The topological polar surface area (TPSA) is 118 Å². The van der Waals surface area contributed by atoms with Crippen LogP contribution in [0.1, 0.15) is 66.8 Å². The van der Waals surface area contributed by atoms with Crippen molar-refractivity contribution in [2.75, 3.05) is 19.7 Å². The molecule has 0 unspecified atom stereocenters. The lowest BCUT2D eigenvalue weighted by molar-refractivity contribution is -0.152. The smallest absolute Gasteiger partial charge is 0.325 e. The molecule has 1 saturated carbocycles. The van der Waals surface area contributed by atoms with Gasteiger partial charge >= 0.3 is 5.97 Å². The minimum atomic E-state index is -1.06. The minimum Gasteiger partial charge on any atom is -0.465 e. The van der Waals surface area contributed by atoms with Gasteiger partial charge in [-0.2, -0.15) is 0 Å². The summed E-state index contributed by atoms with van der Waals surface area (Å²) in [5, 5.41) is 5.57. The number of carbonyl (C=O) groups is 4. The lowest BCUT2D eigenvalue weighted by Gasteiger charge is -2.33. The Morgan fingerprint density at radius 3 is 2.43 bits per heavy atom. The van der Waals surface area contributed by atoms with E-state index in [1.807, 2.05) is 19.1 Å². The summed E-state index contributed by atoms with van der Waals surface area (Å²) in [6.07, 6.45) is 6.30. The average Bonchev–Trinajstić information content (AvgIpc) is 3.39. The molecule has 0 radical (unpaired) electrons. The fourth-order valence-corrected chi connectivity index (χ4v) is 4.17. The second kappa shape index (κ2) is 12.7. The lowest BCUT2D eigenvalue weighted by Crippen LogP contribution is -2.51. The number of rotatable bonds is 10. The molecule has 0 spiro atoms. The molecule has 3 amide bonds. The van der Waals surface area contributed by atoms with Crippen LogP contribution in [-0.2, 0) is 19.1 Å². The predicted octanol–water partition coefficient (Wildman–Crippen LogP) is 2.90. The van der Waals surface area contributed by atoms with Crippen LogP contribution in [0.25, 0.3) is 0 Å². The maximum absolute atomic E-state index is 13.5. The van der Waals surface area contributed by atoms with Crippen LogP contribution in [0, 0.1) is 6.92 Å². The van der Waals surface area contributed by atoms with Gasteiger partial charge in [-0.15, -0.1) is 0 Å². The standard InChI is InChI=1S/C26H33N3O6/c1-3-34-23(31)17-29(22(30)16-27-25(32)21-10-7-15-35-21)24(19-13-11-18(2)12-14-19)26(33)28-20-8-5-4-6-9-20/h7,10-15,20,24H,3-6,8-9,16-17H2,1-2H3,(H,27,32)(H,28,33)/t24-/m0/s1. The van der Waals surface area contributed by atoms with Crippen LogP contribution in [0.5, 0.6) is 0 Å². The third-order valence-corrected chi connectivity index (χ3v) is 5.97. The van der Waals surface area contributed by atoms with E-state index in [0.29, 0.717) is 5.56 Å². The summed E-state index contributed by atoms with van der Waals surface area (Å²) in [6.45, 7) is 2.88. The predicted molar refractivity (Wildman–Crippen MR) is 128 cm³/mol. The van der Waals surface area contributed by atoms with Gasteiger partial charge in [0.2, 0.25) is 11.8 Å². The number of nitrogens with zero attached hydrogens (tertiary/aromatic N) is 1. The Bertz CT molecular complexity index is 997. The van der Waals surface area contributed by atoms with Crippen molar-refractivity contribution in [1.29, 1.82) is 0 Å². The lowest BCUT2D eigenvalue weighted by atomic mass is 9.94. The monoisotopic (exact) mass is 483 g/mol. The SMILES string of the molecule is CCOC(=O)CN(C(=O)CNC(=O)c1ccco1)[C@H](C(=O)NC1CCCCC1)c1ccc(C)cc1. The molecule has 35 heavy (non-hydrogen) atoms. The van der Waals surface area contributed by atoms with Gasteiger partial charge in [-0.1, -0.05) is 49.1 Å². The first-order valence-corrected chi connectivity index (χ1v) is 12.0. The van der Waals surface area contributed by atoms with Crippen molar-refractivity contribution >= 4 is 23.7 Å². The van der Waals surface area contributed by atoms with Crippen molar-refractivity contribution in [3.63, 3.8) is 0 Å². The number of esters is 1. The Hall–Kier alpha value is -3.62. The Kier molecular flexibility index (Phi) is 9.46. The number of nitrogens with one attached hydrogen (secondary N) is 2. The number of benzene rings is 1. The molecule has 3 rings (SSSR count). The summed E-state index contributed by atoms with van der Waals surface area (Å²) >= 11 is 0. The first-order chi connectivity index (χ1) is 16.9. The fraction of sp³-hybridized carbons (Fsp3) is 0.462. The van der Waals surface area contributed by atoms with Crippen LogP contribution in [-0.4, -0.2) is 54.3 Å². The van der Waals surface area contributed by atoms with E-state index in [2.05, 4.69) is 10.6 Å². The van der Waals surface area contributed by atoms with Gasteiger partial charge in [-0.05, 0) is 44.4 Å². The summed E-state index contributed by atoms with van der Waals surface area (Å²) < 4.78 is 10.1. The van der Waals surface area contributed by atoms with Crippen LogP contribution in [0.2, 0.25) is 0 Å². The van der Waals surface area contributed by atoms with Gasteiger partial charge in [0.15, 0.2) is 5.76 Å². The molecule has 1 heterocycles. The van der Waals surface area contributed by atoms with Crippen LogP contribution in [0.3, 0.4) is 0 Å². The highest BCUT2D eigenvalue weighted by atomic mass is 16.5. The molecule has 0 saturated heterocycles. The number of amides is 3. The van der Waals surface area contributed by atoms with E-state index in [-0.39, 0.29) is 24.3 Å². The second-order valence-corrected chi connectivity index (χ2v) is 8.64.